The van der Waals surface area contributed by atoms with E-state index in [0.29, 0.717) is 0 Å². The van der Waals surface area contributed by atoms with Crippen LogP contribution in [-0.2, 0) is 71.2 Å². The Labute approximate surface area is 423 Å². The van der Waals surface area contributed by atoms with E-state index in [1.165, 1.54) is 34.0 Å². The molecule has 0 saturated carbocycles. The minimum Gasteiger partial charge on any atom is -0.387 e. The molecule has 37 nitrogen and oxygen atoms in total. The van der Waals surface area contributed by atoms with E-state index in [1.807, 2.05) is 4.98 Å². The van der Waals surface area contributed by atoms with Gasteiger partial charge in [-0.2, -0.15) is 8.62 Å². The lowest BCUT2D eigenvalue weighted by Gasteiger charge is -2.28. The summed E-state index contributed by atoms with van der Waals surface area (Å²) in [5, 5.41) is 35.5. The van der Waals surface area contributed by atoms with Gasteiger partial charge in [0, 0.05) is 38.3 Å². The molecule has 1 amide bonds. The number of nitrogens with zero attached hydrogens (tertiary/aromatic N) is 8. The van der Waals surface area contributed by atoms with Gasteiger partial charge in [-0.1, -0.05) is 11.9 Å². The number of hydrogen-bond donors (Lipinski definition) is 12. The van der Waals surface area contributed by atoms with Gasteiger partial charge in [0.15, 0.2) is 30.2 Å². The SMILES string of the molecule is CCC(=O)NC[C@H]1[C@@H](O)[C@H]([n+]2cn(C)c3c(=O)[nH]c(N)nc32)O[C@@H]1COP(=O)(O)OP(=O)(O)OP(=O)(O)OC[C@H]1O[C@@H](n2cnc3c(N)ncnc32)[C@H](OC)[C@@H]1P(=O)(O)OC[C@H]1O[C@@H](n2ccc(=O)[nH]c2=O)[C@H](O)[C@@H]1O. The van der Waals surface area contributed by atoms with Crippen LogP contribution in [0.1, 0.15) is 32.0 Å². The molecule has 4 unspecified atom stereocenters. The van der Waals surface area contributed by atoms with E-state index >= 15 is 0 Å². The molecule has 8 heterocycles. The molecular weight excluding hydrogens is 1110 g/mol. The number of aliphatic hydroxyl groups is 3. The molecule has 3 aliphatic rings. The number of fused-ring (bicyclic) bond motifs is 2. The Morgan fingerprint density at radius 1 is 0.842 bits per heavy atom. The first-order valence-corrected chi connectivity index (χ1v) is 28.3. The summed E-state index contributed by atoms with van der Waals surface area (Å²) in [5.74, 6) is -2.04. The van der Waals surface area contributed by atoms with Crippen molar-refractivity contribution in [3.63, 3.8) is 0 Å². The number of phosphoric ester groups is 2. The van der Waals surface area contributed by atoms with Gasteiger partial charge >= 0.3 is 42.4 Å². The largest absolute Gasteiger partial charge is 0.490 e. The second-order valence-electron chi connectivity index (χ2n) is 17.1. The highest BCUT2D eigenvalue weighted by molar-refractivity contribution is 7.66. The van der Waals surface area contributed by atoms with Gasteiger partial charge in [0.2, 0.25) is 17.7 Å². The molecule has 418 valence electrons. The smallest absolute Gasteiger partial charge is 0.387 e. The van der Waals surface area contributed by atoms with E-state index in [0.717, 1.165) is 36.6 Å². The number of hydrogen-bond acceptors (Lipinski definition) is 26. The first-order valence-electron chi connectivity index (χ1n) is 22.1. The zero-order valence-corrected chi connectivity index (χ0v) is 43.0. The highest BCUT2D eigenvalue weighted by Gasteiger charge is 2.58. The van der Waals surface area contributed by atoms with Crippen molar-refractivity contribution in [3.8, 4) is 0 Å². The lowest BCUT2D eigenvalue weighted by atomic mass is 9.98. The van der Waals surface area contributed by atoms with E-state index in [2.05, 4.69) is 38.9 Å². The summed E-state index contributed by atoms with van der Waals surface area (Å²) in [6.07, 6.45) is -12.0. The predicted molar refractivity (Wildman–Crippen MR) is 247 cm³/mol. The molecule has 8 rings (SSSR count). The van der Waals surface area contributed by atoms with Crippen LogP contribution in [0.2, 0.25) is 0 Å². The monoisotopic (exact) mass is 1160 g/mol. The lowest BCUT2D eigenvalue weighted by Crippen LogP contribution is -2.46. The Bertz CT molecular complexity index is 3370. The summed E-state index contributed by atoms with van der Waals surface area (Å²) in [4.78, 5) is 113. The Morgan fingerprint density at radius 2 is 1.50 bits per heavy atom. The molecule has 76 heavy (non-hydrogen) atoms. The standard InChI is InChI=1S/C35H49N13O24P4/c1-4-18(49)38-7-14-15(68-31(22(14)51)48-13-45(2)21-29(48)43-34(37)44-30(21)54)8-66-74(58,59)71-76(62,63)72-75(60,61)67-10-17-26(25(64-3)33(70-17)47-12-41-20-27(36)39-11-40-28(20)47)73(56,57)65-9-16-23(52)24(53)32(69-16)46-6-5-19(50)42-35(46)55/h5-6,11-17,22-26,31-33,51-53H,4,7-10H2,1-3H3,(H10-,36,37,38,39,40,42,43,44,49,50,54,55,56,57,58,59,60,61,62,63)/p+1/t14-,15-,16-,17-,22-,23-,24-,25-,26-,31-,32-,33-/m1/s1. The third-order valence-electron chi connectivity index (χ3n) is 12.2. The Kier molecular flexibility index (Phi) is 16.5. The number of imidazole rings is 2. The van der Waals surface area contributed by atoms with Crippen LogP contribution in [0, 0.1) is 5.92 Å². The lowest BCUT2D eigenvalue weighted by molar-refractivity contribution is -0.745. The third kappa shape index (κ3) is 11.8. The molecule has 0 spiro atoms. The zero-order valence-electron chi connectivity index (χ0n) is 39.4. The number of nitrogens with one attached hydrogen (secondary N) is 3. The second kappa shape index (κ2) is 22.0. The zero-order chi connectivity index (χ0) is 55.4. The van der Waals surface area contributed by atoms with Crippen molar-refractivity contribution < 1.29 is 104 Å². The quantitative estimate of drug-likeness (QED) is 0.0246. The average Bonchev–Trinajstić information content (AvgIpc) is 4.14. The van der Waals surface area contributed by atoms with Crippen LogP contribution in [0.4, 0.5) is 11.8 Å². The fourth-order valence-electron chi connectivity index (χ4n) is 8.68. The molecule has 3 aliphatic heterocycles. The second-order valence-corrected chi connectivity index (χ2v) is 23.7. The van der Waals surface area contributed by atoms with Crippen molar-refractivity contribution in [2.24, 2.45) is 13.0 Å². The van der Waals surface area contributed by atoms with Gasteiger partial charge in [-0.3, -0.25) is 51.7 Å². The first kappa shape index (κ1) is 57.1. The Balaban J connectivity index is 0.965. The van der Waals surface area contributed by atoms with Crippen molar-refractivity contribution in [1.82, 2.24) is 48.9 Å². The summed E-state index contributed by atoms with van der Waals surface area (Å²) in [5.41, 5.74) is 7.16. The van der Waals surface area contributed by atoms with Gasteiger partial charge in [-0.05, 0) is 0 Å². The highest BCUT2D eigenvalue weighted by Crippen LogP contribution is 2.68. The van der Waals surface area contributed by atoms with Crippen LogP contribution in [0.25, 0.3) is 22.3 Å². The summed E-state index contributed by atoms with van der Waals surface area (Å²) < 4.78 is 105. The fourth-order valence-corrected chi connectivity index (χ4v) is 14.0. The number of carbonyl (C=O) groups excluding carboxylic acids is 1. The predicted octanol–water partition coefficient (Wildman–Crippen LogP) is -4.03. The summed E-state index contributed by atoms with van der Waals surface area (Å²) >= 11 is 0. The minimum absolute atomic E-state index is 0.000975. The average molecular weight is 1160 g/mol. The van der Waals surface area contributed by atoms with Gasteiger partial charge in [0.25, 0.3) is 17.1 Å². The van der Waals surface area contributed by atoms with Crippen molar-refractivity contribution in [2.45, 2.75) is 80.4 Å². The van der Waals surface area contributed by atoms with E-state index in [1.54, 1.807) is 0 Å². The summed E-state index contributed by atoms with van der Waals surface area (Å²) in [7, 11) is -20.9. The number of amides is 1. The summed E-state index contributed by atoms with van der Waals surface area (Å²) in [6, 6.07) is 0.922. The number of aromatic amines is 2. The normalized spacial score (nSPS) is 30.0. The van der Waals surface area contributed by atoms with Gasteiger partial charge < -0.3 is 75.1 Å². The molecule has 41 heteroatoms. The Hall–Kier alpha value is -5.07. The number of H-pyrrole nitrogens is 2. The molecule has 3 fully saturated rings. The van der Waals surface area contributed by atoms with E-state index in [4.69, 9.17) is 44.0 Å². The van der Waals surface area contributed by atoms with E-state index in [9.17, 15) is 72.3 Å². The van der Waals surface area contributed by atoms with Crippen LogP contribution >= 0.6 is 31.1 Å². The molecule has 16 atom stereocenters. The topological polar surface area (TPSA) is 527 Å². The van der Waals surface area contributed by atoms with Gasteiger partial charge in [-0.15, -0.1) is 0 Å². The minimum atomic E-state index is -6.24. The molecule has 14 N–H and O–H groups in total. The van der Waals surface area contributed by atoms with Crippen LogP contribution in [-0.4, -0.2) is 166 Å². The number of anilines is 2. The highest BCUT2D eigenvalue weighted by atomic mass is 31.3. The maximum absolute atomic E-state index is 14.3. The van der Waals surface area contributed by atoms with Crippen LogP contribution in [0.5, 0.6) is 0 Å². The fraction of sp³-hybridized carbons (Fsp3) is 0.571. The van der Waals surface area contributed by atoms with Crippen molar-refractivity contribution >= 4 is 71.1 Å². The van der Waals surface area contributed by atoms with Crippen molar-refractivity contribution in [1.29, 1.82) is 0 Å². The number of ether oxygens (including phenoxy) is 4. The van der Waals surface area contributed by atoms with Gasteiger partial charge in [0.1, 0.15) is 54.1 Å². The van der Waals surface area contributed by atoms with Crippen LogP contribution < -0.4 is 38.2 Å². The van der Waals surface area contributed by atoms with Crippen LogP contribution in [0.15, 0.2) is 45.6 Å². The molecule has 0 bridgehead atoms. The Morgan fingerprint density at radius 3 is 2.16 bits per heavy atom. The molecule has 3 saturated heterocycles. The molecule has 0 aromatic carbocycles. The third-order valence-corrected chi connectivity index (χ3v) is 18.3. The van der Waals surface area contributed by atoms with Crippen molar-refractivity contribution in [3.05, 3.63) is 62.4 Å². The molecule has 0 aliphatic carbocycles. The maximum Gasteiger partial charge on any atom is 0.490 e. The number of rotatable bonds is 21. The number of aliphatic hydroxyl groups excluding tert-OH is 3. The van der Waals surface area contributed by atoms with Gasteiger partial charge in [0.05, 0.1) is 39.3 Å². The molecule has 0 radical (unpaired) electrons. The molecule has 5 aromatic rings. The number of nitrogen functional groups attached to an aromatic ring is 2. The number of nitrogens with two attached hydrogens (primary N) is 2. The number of aromatic nitrogens is 10. The maximum atomic E-state index is 14.3. The number of carbonyl (C=O) groups is 1. The van der Waals surface area contributed by atoms with Crippen LogP contribution in [0.3, 0.4) is 0 Å². The summed E-state index contributed by atoms with van der Waals surface area (Å²) in [6.45, 7) is -2.15. The molecular formula is C35H50N13O24P4+. The van der Waals surface area contributed by atoms with Crippen molar-refractivity contribution in [2.75, 3.05) is 44.9 Å². The first-order chi connectivity index (χ1) is 35.6. The number of aryl methyl sites for hydroxylation is 1. The van der Waals surface area contributed by atoms with E-state index in [-0.39, 0.29) is 47.1 Å². The molecule has 5 aromatic heterocycles. The number of methoxy groups -OCH3 is 1. The number of phosphoric acid groups is 3. The van der Waals surface area contributed by atoms with Gasteiger partial charge in [-0.25, -0.2) is 38.0 Å². The van der Waals surface area contributed by atoms with E-state index < -0.39 is 147 Å².